The molecule has 29 heavy (non-hydrogen) atoms. The molecule has 8 heteroatoms. The normalized spacial score (nSPS) is 16.0. The number of ether oxygens (including phenoxy) is 1. The van der Waals surface area contributed by atoms with E-state index >= 15 is 0 Å². The first-order valence-corrected chi connectivity index (χ1v) is 11.3. The van der Waals surface area contributed by atoms with Gasteiger partial charge in [-0.15, -0.1) is 11.3 Å². The van der Waals surface area contributed by atoms with E-state index in [-0.39, 0.29) is 6.09 Å². The van der Waals surface area contributed by atoms with E-state index in [1.807, 2.05) is 32.7 Å². The molecule has 1 fully saturated rings. The Bertz CT molecular complexity index is 634. The van der Waals surface area contributed by atoms with Crippen LogP contribution < -0.4 is 5.32 Å². The van der Waals surface area contributed by atoms with Gasteiger partial charge in [0.25, 0.3) is 0 Å². The Morgan fingerprint density at radius 2 is 2.03 bits per heavy atom. The maximum absolute atomic E-state index is 12.1. The van der Waals surface area contributed by atoms with Crippen LogP contribution in [0.4, 0.5) is 4.79 Å². The Morgan fingerprint density at radius 1 is 1.31 bits per heavy atom. The number of hydrogen-bond donors (Lipinski definition) is 1. The van der Waals surface area contributed by atoms with Crippen molar-refractivity contribution in [2.75, 3.05) is 59.9 Å². The number of amides is 1. The van der Waals surface area contributed by atoms with Gasteiger partial charge in [0.05, 0.1) is 0 Å². The second kappa shape index (κ2) is 11.4. The molecule has 0 bridgehead atoms. The minimum Gasteiger partial charge on any atom is -0.444 e. The molecule has 1 aromatic heterocycles. The minimum absolute atomic E-state index is 0.201. The van der Waals surface area contributed by atoms with Gasteiger partial charge in [-0.25, -0.2) is 4.79 Å². The summed E-state index contributed by atoms with van der Waals surface area (Å²) < 4.78 is 5.46. The quantitative estimate of drug-likeness (QED) is 0.415. The van der Waals surface area contributed by atoms with E-state index in [2.05, 4.69) is 44.7 Å². The number of carbonyl (C=O) groups excluding carboxylic acids is 1. The molecule has 0 aliphatic carbocycles. The molecule has 1 aliphatic heterocycles. The molecule has 2 heterocycles. The lowest BCUT2D eigenvalue weighted by Gasteiger charge is -2.35. The minimum atomic E-state index is -0.435. The van der Waals surface area contributed by atoms with Crippen molar-refractivity contribution in [1.82, 2.24) is 20.0 Å². The van der Waals surface area contributed by atoms with Gasteiger partial charge in [-0.2, -0.15) is 0 Å². The van der Waals surface area contributed by atoms with Gasteiger partial charge in [0, 0.05) is 58.2 Å². The summed E-state index contributed by atoms with van der Waals surface area (Å²) in [4.78, 5) is 24.3. The highest BCUT2D eigenvalue weighted by Gasteiger charge is 2.25. The standard InChI is InChI=1S/C21H37N5O2S/c1-21(2,3)28-20(27)26-15-13-25(14-16-26)11-7-10-23-19(22-4)24(5)12-9-18-8-6-17-29-18/h6,8,17H,7,9-16H2,1-5H3,(H,22,23). The fraction of sp³-hybridized carbons (Fsp3) is 0.714. The van der Waals surface area contributed by atoms with Gasteiger partial charge in [0.2, 0.25) is 0 Å². The van der Waals surface area contributed by atoms with E-state index in [1.54, 1.807) is 11.3 Å². The van der Waals surface area contributed by atoms with Gasteiger partial charge in [-0.05, 0) is 51.6 Å². The van der Waals surface area contributed by atoms with E-state index in [4.69, 9.17) is 4.74 Å². The van der Waals surface area contributed by atoms with E-state index in [1.165, 1.54) is 4.88 Å². The first kappa shape index (κ1) is 23.5. The lowest BCUT2D eigenvalue weighted by Crippen LogP contribution is -2.50. The summed E-state index contributed by atoms with van der Waals surface area (Å²) in [7, 11) is 3.92. The van der Waals surface area contributed by atoms with Crippen molar-refractivity contribution < 1.29 is 9.53 Å². The number of carbonyl (C=O) groups is 1. The van der Waals surface area contributed by atoms with Crippen LogP contribution in [0, 0.1) is 0 Å². The van der Waals surface area contributed by atoms with Crippen molar-refractivity contribution in [3.8, 4) is 0 Å². The van der Waals surface area contributed by atoms with E-state index in [0.717, 1.165) is 64.6 Å². The molecule has 1 saturated heterocycles. The third-order valence-corrected chi connectivity index (χ3v) is 5.74. The van der Waals surface area contributed by atoms with Crippen LogP contribution in [0.15, 0.2) is 22.5 Å². The largest absolute Gasteiger partial charge is 0.444 e. The number of thiophene rings is 1. The van der Waals surface area contributed by atoms with Crippen molar-refractivity contribution in [1.29, 1.82) is 0 Å². The summed E-state index contributed by atoms with van der Waals surface area (Å²) in [6.45, 7) is 11.8. The summed E-state index contributed by atoms with van der Waals surface area (Å²) in [5.41, 5.74) is -0.435. The van der Waals surface area contributed by atoms with Crippen molar-refractivity contribution in [3.05, 3.63) is 22.4 Å². The van der Waals surface area contributed by atoms with Crippen LogP contribution in [0.2, 0.25) is 0 Å². The number of nitrogens with one attached hydrogen (secondary N) is 1. The number of nitrogens with zero attached hydrogens (tertiary/aromatic N) is 4. The Labute approximate surface area is 179 Å². The zero-order valence-electron chi connectivity index (χ0n) is 18.6. The highest BCUT2D eigenvalue weighted by Crippen LogP contribution is 2.12. The van der Waals surface area contributed by atoms with Crippen LogP contribution in [0.1, 0.15) is 32.1 Å². The molecule has 0 spiro atoms. The maximum atomic E-state index is 12.1. The van der Waals surface area contributed by atoms with Crippen molar-refractivity contribution in [3.63, 3.8) is 0 Å². The van der Waals surface area contributed by atoms with E-state index < -0.39 is 5.60 Å². The molecule has 2 rings (SSSR count). The first-order valence-electron chi connectivity index (χ1n) is 10.4. The number of piperazine rings is 1. The molecule has 1 aromatic rings. The summed E-state index contributed by atoms with van der Waals surface area (Å²) in [5.74, 6) is 0.941. The predicted molar refractivity (Wildman–Crippen MR) is 121 cm³/mol. The molecule has 0 aromatic carbocycles. The number of aliphatic imine (C=N–C) groups is 1. The van der Waals surface area contributed by atoms with Crippen molar-refractivity contribution >= 4 is 23.4 Å². The van der Waals surface area contributed by atoms with E-state index in [9.17, 15) is 4.79 Å². The first-order chi connectivity index (χ1) is 13.8. The third-order valence-electron chi connectivity index (χ3n) is 4.81. The maximum Gasteiger partial charge on any atom is 0.410 e. The van der Waals surface area contributed by atoms with Gasteiger partial charge in [0.15, 0.2) is 5.96 Å². The molecular formula is C21H37N5O2S. The van der Waals surface area contributed by atoms with Crippen molar-refractivity contribution in [2.24, 2.45) is 4.99 Å². The van der Waals surface area contributed by atoms with Crippen LogP contribution >= 0.6 is 11.3 Å². The zero-order valence-corrected chi connectivity index (χ0v) is 19.4. The molecule has 0 unspecified atom stereocenters. The topological polar surface area (TPSA) is 60.4 Å². The summed E-state index contributed by atoms with van der Waals surface area (Å²) in [6, 6.07) is 4.28. The average molecular weight is 424 g/mol. The number of guanidine groups is 1. The van der Waals surface area contributed by atoms with Crippen molar-refractivity contribution in [2.45, 2.75) is 39.2 Å². The lowest BCUT2D eigenvalue weighted by molar-refractivity contribution is 0.0145. The summed E-state index contributed by atoms with van der Waals surface area (Å²) in [5, 5.41) is 5.58. The molecule has 1 N–H and O–H groups in total. The molecule has 0 atom stereocenters. The fourth-order valence-corrected chi connectivity index (χ4v) is 3.90. The predicted octanol–water partition coefficient (Wildman–Crippen LogP) is 2.74. The van der Waals surface area contributed by atoms with Crippen LogP contribution in [0.3, 0.4) is 0 Å². The monoisotopic (exact) mass is 423 g/mol. The van der Waals surface area contributed by atoms with Crippen LogP contribution in [0.5, 0.6) is 0 Å². The van der Waals surface area contributed by atoms with Gasteiger partial charge in [-0.1, -0.05) is 6.07 Å². The smallest absolute Gasteiger partial charge is 0.410 e. The lowest BCUT2D eigenvalue weighted by atomic mass is 10.2. The second-order valence-corrected chi connectivity index (χ2v) is 9.42. The fourth-order valence-electron chi connectivity index (χ4n) is 3.21. The molecule has 164 valence electrons. The Kier molecular flexibility index (Phi) is 9.23. The Balaban J connectivity index is 1.60. The zero-order chi connectivity index (χ0) is 21.3. The van der Waals surface area contributed by atoms with Crippen LogP contribution in [0.25, 0.3) is 0 Å². The summed E-state index contributed by atoms with van der Waals surface area (Å²) >= 11 is 1.80. The van der Waals surface area contributed by atoms with E-state index in [0.29, 0.717) is 0 Å². The number of likely N-dealkylation sites (N-methyl/N-ethyl adjacent to an activating group) is 1. The van der Waals surface area contributed by atoms with Gasteiger partial charge >= 0.3 is 6.09 Å². The van der Waals surface area contributed by atoms with Crippen LogP contribution in [-0.2, 0) is 11.2 Å². The number of rotatable bonds is 7. The molecule has 1 amide bonds. The summed E-state index contributed by atoms with van der Waals surface area (Å²) in [6.07, 6.45) is 1.88. The van der Waals surface area contributed by atoms with Gasteiger partial charge in [-0.3, -0.25) is 9.89 Å². The Morgan fingerprint density at radius 3 is 2.62 bits per heavy atom. The van der Waals surface area contributed by atoms with Crippen LogP contribution in [-0.4, -0.2) is 92.3 Å². The number of hydrogen-bond acceptors (Lipinski definition) is 5. The molecule has 1 aliphatic rings. The molecule has 0 radical (unpaired) electrons. The van der Waals surface area contributed by atoms with Gasteiger partial charge in [0.1, 0.15) is 5.60 Å². The highest BCUT2D eigenvalue weighted by atomic mass is 32.1. The average Bonchev–Trinajstić information content (AvgIpc) is 3.19. The molecule has 7 nitrogen and oxygen atoms in total. The third kappa shape index (κ3) is 8.62. The molecular weight excluding hydrogens is 386 g/mol. The highest BCUT2D eigenvalue weighted by molar-refractivity contribution is 7.09. The molecule has 0 saturated carbocycles. The Hall–Kier alpha value is -1.80. The second-order valence-electron chi connectivity index (χ2n) is 8.39. The SMILES string of the molecule is CN=C(NCCCN1CCN(C(=O)OC(C)(C)C)CC1)N(C)CCc1cccs1. The van der Waals surface area contributed by atoms with Gasteiger partial charge < -0.3 is 19.9 Å².